The summed E-state index contributed by atoms with van der Waals surface area (Å²) in [6, 6.07) is 9.89. The highest BCUT2D eigenvalue weighted by molar-refractivity contribution is 5.97. The fourth-order valence-electron chi connectivity index (χ4n) is 5.20. The number of benzene rings is 1. The van der Waals surface area contributed by atoms with Gasteiger partial charge in [-0.3, -0.25) is 14.8 Å². The fourth-order valence-corrected chi connectivity index (χ4v) is 5.20. The number of carbonyl (C=O) groups excluding carboxylic acids is 1. The molecule has 35 heavy (non-hydrogen) atoms. The van der Waals surface area contributed by atoms with Crippen LogP contribution in [0.15, 0.2) is 49.1 Å². The number of fused-ring (bicyclic) bond motifs is 2. The Morgan fingerprint density at radius 1 is 1.23 bits per heavy atom. The highest BCUT2D eigenvalue weighted by atomic mass is 16.3. The number of nitrogens with zero attached hydrogens (tertiary/aromatic N) is 6. The summed E-state index contributed by atoms with van der Waals surface area (Å²) in [4.78, 5) is 30.5. The van der Waals surface area contributed by atoms with Crippen LogP contribution in [0.5, 0.6) is 0 Å². The van der Waals surface area contributed by atoms with Gasteiger partial charge in [0.15, 0.2) is 0 Å². The number of likely N-dealkylation sites (N-methyl/N-ethyl adjacent to an activating group) is 1. The second-order valence-corrected chi connectivity index (χ2v) is 10.0. The third-order valence-electron chi connectivity index (χ3n) is 6.87. The molecule has 1 saturated heterocycles. The minimum atomic E-state index is -1.02. The van der Waals surface area contributed by atoms with Crippen molar-refractivity contribution in [3.05, 3.63) is 60.3 Å². The molecular formula is C27H32N6O2. The van der Waals surface area contributed by atoms with E-state index in [0.29, 0.717) is 24.6 Å². The molecule has 1 fully saturated rings. The van der Waals surface area contributed by atoms with Crippen molar-refractivity contribution in [1.29, 1.82) is 0 Å². The van der Waals surface area contributed by atoms with E-state index in [-0.39, 0.29) is 12.5 Å². The summed E-state index contributed by atoms with van der Waals surface area (Å²) in [7, 11) is 1.76. The fraction of sp³-hybridized carbons (Fsp3) is 0.407. The smallest absolute Gasteiger partial charge is 0.253 e. The molecule has 0 radical (unpaired) electrons. The van der Waals surface area contributed by atoms with Gasteiger partial charge in [0.1, 0.15) is 0 Å². The van der Waals surface area contributed by atoms with Crippen LogP contribution in [-0.2, 0) is 0 Å². The lowest BCUT2D eigenvalue weighted by atomic mass is 9.91. The number of imidazole rings is 1. The third kappa shape index (κ3) is 4.46. The number of anilines is 1. The number of β-amino-alcohol motifs (C(OH)–C–C–N with tert-alkyl or cyclic N) is 1. The molecule has 0 aliphatic carbocycles. The highest BCUT2D eigenvalue weighted by Gasteiger charge is 2.36. The van der Waals surface area contributed by atoms with Crippen LogP contribution in [0, 0.1) is 6.92 Å². The van der Waals surface area contributed by atoms with Gasteiger partial charge in [-0.25, -0.2) is 4.98 Å². The first-order valence-corrected chi connectivity index (χ1v) is 12.1. The average Bonchev–Trinajstić information content (AvgIpc) is 3.26. The van der Waals surface area contributed by atoms with Crippen LogP contribution in [0.3, 0.4) is 0 Å². The summed E-state index contributed by atoms with van der Waals surface area (Å²) in [5.74, 6) is -0.119. The van der Waals surface area contributed by atoms with Crippen molar-refractivity contribution >= 4 is 33.5 Å². The monoisotopic (exact) mass is 472 g/mol. The van der Waals surface area contributed by atoms with E-state index in [2.05, 4.69) is 44.3 Å². The van der Waals surface area contributed by atoms with Crippen molar-refractivity contribution in [2.75, 3.05) is 31.6 Å². The molecule has 1 aliphatic rings. The maximum absolute atomic E-state index is 13.3. The van der Waals surface area contributed by atoms with E-state index >= 15 is 0 Å². The number of pyridine rings is 2. The molecule has 1 amide bonds. The molecule has 4 heterocycles. The van der Waals surface area contributed by atoms with E-state index < -0.39 is 5.60 Å². The summed E-state index contributed by atoms with van der Waals surface area (Å²) in [5.41, 5.74) is 4.22. The lowest BCUT2D eigenvalue weighted by Gasteiger charge is -2.42. The molecule has 8 heteroatoms. The zero-order chi connectivity index (χ0) is 24.7. The largest absolute Gasteiger partial charge is 0.386 e. The first-order chi connectivity index (χ1) is 16.7. The Morgan fingerprint density at radius 3 is 2.86 bits per heavy atom. The van der Waals surface area contributed by atoms with Crippen molar-refractivity contribution < 1.29 is 9.90 Å². The molecule has 4 aromatic rings. The normalized spacial score (nSPS) is 18.5. The summed E-state index contributed by atoms with van der Waals surface area (Å²) >= 11 is 0. The van der Waals surface area contributed by atoms with E-state index in [9.17, 15) is 9.90 Å². The Balaban J connectivity index is 1.35. The van der Waals surface area contributed by atoms with E-state index in [1.165, 1.54) is 0 Å². The Labute approximate surface area is 205 Å². The molecule has 0 spiro atoms. The van der Waals surface area contributed by atoms with E-state index in [1.807, 2.05) is 43.7 Å². The van der Waals surface area contributed by atoms with E-state index in [1.54, 1.807) is 18.1 Å². The Kier molecular flexibility index (Phi) is 5.92. The van der Waals surface area contributed by atoms with Crippen LogP contribution in [0.25, 0.3) is 21.9 Å². The van der Waals surface area contributed by atoms with Gasteiger partial charge >= 0.3 is 0 Å². The number of carbonyl (C=O) groups is 1. The number of aromatic nitrogens is 4. The maximum atomic E-state index is 13.3. The summed E-state index contributed by atoms with van der Waals surface area (Å²) in [6.45, 7) is 7.72. The Hall–Kier alpha value is -3.52. The highest BCUT2D eigenvalue weighted by Crippen LogP contribution is 2.32. The number of hydrogen-bond donors (Lipinski definition) is 1. The number of aliphatic hydroxyl groups is 1. The van der Waals surface area contributed by atoms with Gasteiger partial charge in [-0.2, -0.15) is 0 Å². The molecule has 1 N–H and O–H groups in total. The summed E-state index contributed by atoms with van der Waals surface area (Å²) < 4.78 is 2.09. The second-order valence-electron chi connectivity index (χ2n) is 10.0. The zero-order valence-corrected chi connectivity index (χ0v) is 20.8. The molecule has 8 nitrogen and oxygen atoms in total. The topological polar surface area (TPSA) is 87.4 Å². The van der Waals surface area contributed by atoms with Crippen LogP contribution in [-0.4, -0.2) is 67.7 Å². The van der Waals surface area contributed by atoms with Gasteiger partial charge in [-0.15, -0.1) is 0 Å². The van der Waals surface area contributed by atoms with Crippen LogP contribution in [0.1, 0.15) is 48.8 Å². The van der Waals surface area contributed by atoms with Gasteiger partial charge < -0.3 is 19.5 Å². The third-order valence-corrected chi connectivity index (χ3v) is 6.87. The van der Waals surface area contributed by atoms with Crippen molar-refractivity contribution in [3.8, 4) is 0 Å². The first-order valence-electron chi connectivity index (χ1n) is 12.1. The van der Waals surface area contributed by atoms with Crippen LogP contribution >= 0.6 is 0 Å². The minimum absolute atomic E-state index is 0.119. The molecule has 1 atom stereocenters. The molecule has 0 saturated carbocycles. The lowest BCUT2D eigenvalue weighted by molar-refractivity contribution is 0.0000701. The van der Waals surface area contributed by atoms with Crippen molar-refractivity contribution in [2.45, 2.75) is 45.3 Å². The summed E-state index contributed by atoms with van der Waals surface area (Å²) in [6.07, 6.45) is 6.86. The SMILES string of the molecule is Cc1cc(N2CCCC(O)(CN(C)C(=O)c3ccc4c(c3)ncn4C(C)C)C2)c2cnccc2n1. The molecule has 1 unspecified atom stereocenters. The molecular weight excluding hydrogens is 440 g/mol. The van der Waals surface area contributed by atoms with Crippen LogP contribution in [0.4, 0.5) is 5.69 Å². The van der Waals surface area contributed by atoms with Crippen molar-refractivity contribution in [3.63, 3.8) is 0 Å². The number of piperidine rings is 1. The van der Waals surface area contributed by atoms with Crippen LogP contribution < -0.4 is 4.90 Å². The quantitative estimate of drug-likeness (QED) is 0.473. The number of rotatable bonds is 5. The summed E-state index contributed by atoms with van der Waals surface area (Å²) in [5, 5.41) is 12.5. The molecule has 1 aromatic carbocycles. The number of hydrogen-bond acceptors (Lipinski definition) is 6. The number of aryl methyl sites for hydroxylation is 1. The molecule has 1 aliphatic heterocycles. The minimum Gasteiger partial charge on any atom is -0.386 e. The number of amides is 1. The molecule has 3 aromatic heterocycles. The van der Waals surface area contributed by atoms with Gasteiger partial charge in [0.2, 0.25) is 0 Å². The van der Waals surface area contributed by atoms with Crippen molar-refractivity contribution in [2.24, 2.45) is 0 Å². The second kappa shape index (κ2) is 8.92. The van der Waals surface area contributed by atoms with Gasteiger partial charge in [-0.05, 0) is 63.9 Å². The predicted octanol–water partition coefficient (Wildman–Crippen LogP) is 3.97. The molecule has 5 rings (SSSR count). The van der Waals surface area contributed by atoms with Gasteiger partial charge in [0.25, 0.3) is 5.91 Å². The van der Waals surface area contributed by atoms with Gasteiger partial charge in [-0.1, -0.05) is 0 Å². The van der Waals surface area contributed by atoms with Crippen molar-refractivity contribution in [1.82, 2.24) is 24.4 Å². The lowest BCUT2D eigenvalue weighted by Crippen LogP contribution is -2.54. The van der Waals surface area contributed by atoms with E-state index in [0.717, 1.165) is 46.3 Å². The maximum Gasteiger partial charge on any atom is 0.253 e. The van der Waals surface area contributed by atoms with Crippen LogP contribution in [0.2, 0.25) is 0 Å². The Bertz CT molecular complexity index is 1400. The zero-order valence-electron chi connectivity index (χ0n) is 20.8. The van der Waals surface area contributed by atoms with E-state index in [4.69, 9.17) is 0 Å². The standard InChI is InChI=1S/C27H32N6O2/c1-18(2)33-17-29-23-13-20(6-7-24(23)33)26(34)31(4)15-27(35)9-5-11-32(16-27)25-12-19(3)30-22-8-10-28-14-21(22)25/h6-8,10,12-14,17-18,35H,5,9,11,15-16H2,1-4H3. The Morgan fingerprint density at radius 2 is 2.06 bits per heavy atom. The average molecular weight is 473 g/mol. The first kappa shape index (κ1) is 23.2. The van der Waals surface area contributed by atoms with Gasteiger partial charge in [0.05, 0.1) is 35.0 Å². The predicted molar refractivity (Wildman–Crippen MR) is 138 cm³/mol. The molecule has 0 bridgehead atoms. The molecule has 182 valence electrons. The van der Waals surface area contributed by atoms with Gasteiger partial charge in [0, 0.05) is 60.9 Å².